The molecule has 0 spiro atoms. The van der Waals surface area contributed by atoms with Crippen LogP contribution in [0.25, 0.3) is 16.4 Å². The smallest absolute Gasteiger partial charge is 0.295 e. The van der Waals surface area contributed by atoms with E-state index in [0.29, 0.717) is 29.3 Å². The van der Waals surface area contributed by atoms with Gasteiger partial charge in [0.25, 0.3) is 5.91 Å². The second kappa shape index (κ2) is 9.51. The fourth-order valence-electron chi connectivity index (χ4n) is 3.04. The molecular formula is C22H20FN5O3S2. The Morgan fingerprint density at radius 1 is 1.06 bits per heavy atom. The molecule has 170 valence electrons. The fourth-order valence-corrected chi connectivity index (χ4v) is 4.88. The number of thiophene rings is 1. The molecule has 4 aromatic rings. The third-order valence-electron chi connectivity index (χ3n) is 4.51. The molecule has 2 N–H and O–H groups in total. The summed E-state index contributed by atoms with van der Waals surface area (Å²) in [7, 11) is -3.40. The van der Waals surface area contributed by atoms with Crippen molar-refractivity contribution in [3.63, 3.8) is 0 Å². The van der Waals surface area contributed by atoms with Crippen LogP contribution in [0.4, 0.5) is 15.8 Å². The van der Waals surface area contributed by atoms with E-state index in [-0.39, 0.29) is 17.4 Å². The zero-order valence-corrected chi connectivity index (χ0v) is 19.2. The highest BCUT2D eigenvalue weighted by Crippen LogP contribution is 2.26. The molecule has 2 aromatic carbocycles. The minimum atomic E-state index is -3.40. The molecule has 2 heterocycles. The zero-order valence-electron chi connectivity index (χ0n) is 17.5. The number of hydrogen-bond donors (Lipinski definition) is 2. The summed E-state index contributed by atoms with van der Waals surface area (Å²) in [5, 5.41) is 8.93. The van der Waals surface area contributed by atoms with Gasteiger partial charge in [-0.3, -0.25) is 9.52 Å². The second-order valence-corrected chi connectivity index (χ2v) is 9.87. The SMILES string of the molecule is CCCS(=O)(=O)Nc1ccc(NC(=O)c2nc(-c3cccs3)n(-c3ccc(F)cc3)n2)cc1. The lowest BCUT2D eigenvalue weighted by molar-refractivity contribution is 0.101. The first-order valence-corrected chi connectivity index (χ1v) is 12.6. The number of hydrogen-bond acceptors (Lipinski definition) is 6. The summed E-state index contributed by atoms with van der Waals surface area (Å²) in [6.45, 7) is 1.78. The maximum atomic E-state index is 13.4. The first-order chi connectivity index (χ1) is 15.8. The summed E-state index contributed by atoms with van der Waals surface area (Å²) in [5.74, 6) is -0.485. The minimum absolute atomic E-state index is 0.0282. The van der Waals surface area contributed by atoms with E-state index in [4.69, 9.17) is 0 Å². The van der Waals surface area contributed by atoms with Gasteiger partial charge in [-0.15, -0.1) is 16.4 Å². The number of rotatable bonds is 8. The average molecular weight is 486 g/mol. The normalized spacial score (nSPS) is 11.3. The summed E-state index contributed by atoms with van der Waals surface area (Å²) in [5.41, 5.74) is 1.42. The molecular weight excluding hydrogens is 465 g/mol. The van der Waals surface area contributed by atoms with Gasteiger partial charge in [0.1, 0.15) is 5.82 Å². The van der Waals surface area contributed by atoms with E-state index in [1.165, 1.54) is 28.2 Å². The monoisotopic (exact) mass is 485 g/mol. The van der Waals surface area contributed by atoms with Crippen molar-refractivity contribution in [2.45, 2.75) is 13.3 Å². The lowest BCUT2D eigenvalue weighted by Crippen LogP contribution is -2.16. The minimum Gasteiger partial charge on any atom is -0.319 e. The Labute approximate surface area is 194 Å². The summed E-state index contributed by atoms with van der Waals surface area (Å²) < 4.78 is 41.1. The number of carbonyl (C=O) groups is 1. The molecule has 8 nitrogen and oxygen atoms in total. The molecule has 0 radical (unpaired) electrons. The average Bonchev–Trinajstić information content (AvgIpc) is 3.45. The van der Waals surface area contributed by atoms with E-state index in [1.54, 1.807) is 43.3 Å². The molecule has 33 heavy (non-hydrogen) atoms. The molecule has 0 aliphatic carbocycles. The van der Waals surface area contributed by atoms with Crippen molar-refractivity contribution in [1.82, 2.24) is 14.8 Å². The summed E-state index contributed by atoms with van der Waals surface area (Å²) in [6.07, 6.45) is 0.508. The Balaban J connectivity index is 1.56. The van der Waals surface area contributed by atoms with Crippen LogP contribution >= 0.6 is 11.3 Å². The standard InChI is InChI=1S/C22H20FN5O3S2/c1-2-14-33(30,31)27-17-9-7-16(8-10-17)24-22(29)20-25-21(19-4-3-13-32-19)28(26-20)18-11-5-15(23)6-12-18/h3-13,27H,2,14H2,1H3,(H,24,29). The van der Waals surface area contributed by atoms with Crippen LogP contribution in [0.5, 0.6) is 0 Å². The highest BCUT2D eigenvalue weighted by molar-refractivity contribution is 7.92. The van der Waals surface area contributed by atoms with Crippen LogP contribution in [0.1, 0.15) is 24.0 Å². The van der Waals surface area contributed by atoms with Gasteiger partial charge in [-0.25, -0.2) is 22.5 Å². The first kappa shape index (κ1) is 22.6. The van der Waals surface area contributed by atoms with Crippen LogP contribution in [0.15, 0.2) is 66.0 Å². The highest BCUT2D eigenvalue weighted by atomic mass is 32.2. The van der Waals surface area contributed by atoms with Gasteiger partial charge in [0.05, 0.1) is 16.3 Å². The van der Waals surface area contributed by atoms with E-state index >= 15 is 0 Å². The molecule has 1 amide bonds. The van der Waals surface area contributed by atoms with E-state index in [9.17, 15) is 17.6 Å². The molecule has 0 bridgehead atoms. The third-order valence-corrected chi connectivity index (χ3v) is 6.87. The summed E-state index contributed by atoms with van der Waals surface area (Å²) in [4.78, 5) is 18.0. The van der Waals surface area contributed by atoms with Crippen molar-refractivity contribution in [1.29, 1.82) is 0 Å². The predicted molar refractivity (Wildman–Crippen MR) is 127 cm³/mol. The lowest BCUT2D eigenvalue weighted by atomic mass is 10.3. The van der Waals surface area contributed by atoms with Crippen molar-refractivity contribution in [2.24, 2.45) is 0 Å². The number of nitrogens with zero attached hydrogens (tertiary/aromatic N) is 3. The topological polar surface area (TPSA) is 106 Å². The fraction of sp³-hybridized carbons (Fsp3) is 0.136. The van der Waals surface area contributed by atoms with Crippen LogP contribution in [0.2, 0.25) is 0 Å². The van der Waals surface area contributed by atoms with E-state index in [2.05, 4.69) is 20.1 Å². The summed E-state index contributed by atoms with van der Waals surface area (Å²) >= 11 is 1.44. The van der Waals surface area contributed by atoms with Gasteiger partial charge in [0.2, 0.25) is 15.8 Å². The number of aromatic nitrogens is 3. The van der Waals surface area contributed by atoms with Gasteiger partial charge < -0.3 is 5.32 Å². The van der Waals surface area contributed by atoms with Crippen LogP contribution in [-0.4, -0.2) is 34.8 Å². The predicted octanol–water partition coefficient (Wildman–Crippen LogP) is 4.54. The van der Waals surface area contributed by atoms with Crippen LogP contribution in [-0.2, 0) is 10.0 Å². The Bertz CT molecular complexity index is 1350. The maximum absolute atomic E-state index is 13.4. The molecule has 0 saturated heterocycles. The maximum Gasteiger partial charge on any atom is 0.295 e. The zero-order chi connectivity index (χ0) is 23.4. The molecule has 0 aliphatic rings. The molecule has 0 fully saturated rings. The molecule has 0 saturated carbocycles. The Hall–Kier alpha value is -3.57. The molecule has 11 heteroatoms. The molecule has 4 rings (SSSR count). The van der Waals surface area contributed by atoms with Gasteiger partial charge in [-0.1, -0.05) is 13.0 Å². The molecule has 2 aromatic heterocycles. The van der Waals surface area contributed by atoms with Gasteiger partial charge in [-0.05, 0) is 66.4 Å². The largest absolute Gasteiger partial charge is 0.319 e. The number of benzene rings is 2. The van der Waals surface area contributed by atoms with E-state index in [1.807, 2.05) is 17.5 Å². The van der Waals surface area contributed by atoms with Crippen LogP contribution < -0.4 is 10.0 Å². The van der Waals surface area contributed by atoms with Crippen molar-refractivity contribution in [2.75, 3.05) is 15.8 Å². The van der Waals surface area contributed by atoms with Crippen LogP contribution in [0, 0.1) is 5.82 Å². The Kier molecular flexibility index (Phi) is 6.52. The number of amides is 1. The van der Waals surface area contributed by atoms with Crippen molar-refractivity contribution >= 4 is 38.6 Å². The molecule has 0 aliphatic heterocycles. The first-order valence-electron chi connectivity index (χ1n) is 10.0. The summed E-state index contributed by atoms with van der Waals surface area (Å²) in [6, 6.07) is 15.7. The van der Waals surface area contributed by atoms with E-state index < -0.39 is 15.9 Å². The quantitative estimate of drug-likeness (QED) is 0.381. The van der Waals surface area contributed by atoms with E-state index in [0.717, 1.165) is 4.88 Å². The molecule has 0 atom stereocenters. The number of nitrogens with one attached hydrogen (secondary N) is 2. The Morgan fingerprint density at radius 3 is 2.39 bits per heavy atom. The van der Waals surface area contributed by atoms with Crippen molar-refractivity contribution < 1.29 is 17.6 Å². The van der Waals surface area contributed by atoms with Crippen molar-refractivity contribution in [3.05, 3.63) is 77.7 Å². The number of sulfonamides is 1. The second-order valence-electron chi connectivity index (χ2n) is 7.08. The van der Waals surface area contributed by atoms with Crippen molar-refractivity contribution in [3.8, 4) is 16.4 Å². The third kappa shape index (κ3) is 5.44. The van der Waals surface area contributed by atoms with Gasteiger partial charge in [-0.2, -0.15) is 0 Å². The number of anilines is 2. The lowest BCUT2D eigenvalue weighted by Gasteiger charge is -2.08. The van der Waals surface area contributed by atoms with Gasteiger partial charge in [0.15, 0.2) is 5.82 Å². The number of halogens is 1. The van der Waals surface area contributed by atoms with Gasteiger partial charge >= 0.3 is 0 Å². The molecule has 0 unspecified atom stereocenters. The van der Waals surface area contributed by atoms with Crippen LogP contribution in [0.3, 0.4) is 0 Å². The highest BCUT2D eigenvalue weighted by Gasteiger charge is 2.20. The Morgan fingerprint density at radius 2 is 1.76 bits per heavy atom. The number of carbonyl (C=O) groups excluding carboxylic acids is 1. The van der Waals surface area contributed by atoms with Gasteiger partial charge in [0, 0.05) is 11.4 Å².